The van der Waals surface area contributed by atoms with Crippen molar-refractivity contribution in [2.24, 2.45) is 5.92 Å². The standard InChI is InChI=1S/C28H22F8N6O3/c1-45-24-17(25(44)41-8-7-26(29,30)16(13-41)9-14-5-3-2-4-6-14)10-15(12-38-24)19-11-18(27(31,32)33)20-22(37)39-23(40-42(19)20)21(43)28(34,35)36/h2-6,10-12,16H,7-9,13H2,1H3,(H2,37,39,40). The summed E-state index contributed by atoms with van der Waals surface area (Å²) in [5.41, 5.74) is 2.70. The van der Waals surface area contributed by atoms with E-state index in [1.807, 2.05) is 0 Å². The van der Waals surface area contributed by atoms with Crippen LogP contribution in [0.1, 0.15) is 38.5 Å². The van der Waals surface area contributed by atoms with Crippen LogP contribution >= 0.6 is 0 Å². The summed E-state index contributed by atoms with van der Waals surface area (Å²) in [6, 6.07) is 10.00. The monoisotopic (exact) mass is 642 g/mol. The van der Waals surface area contributed by atoms with Crippen molar-refractivity contribution in [3.05, 3.63) is 71.2 Å². The molecule has 1 unspecified atom stereocenters. The quantitative estimate of drug-likeness (QED) is 0.219. The predicted molar refractivity (Wildman–Crippen MR) is 142 cm³/mol. The molecule has 3 aromatic heterocycles. The third-order valence-corrected chi connectivity index (χ3v) is 7.34. The number of nitrogens with two attached hydrogens (primary N) is 1. The summed E-state index contributed by atoms with van der Waals surface area (Å²) in [5.74, 6) is -10.6. The minimum atomic E-state index is -5.47. The highest BCUT2D eigenvalue weighted by Crippen LogP contribution is 2.40. The normalized spacial score (nSPS) is 17.0. The zero-order valence-corrected chi connectivity index (χ0v) is 23.1. The second-order valence-corrected chi connectivity index (χ2v) is 10.3. The first-order valence-electron chi connectivity index (χ1n) is 13.1. The van der Waals surface area contributed by atoms with Gasteiger partial charge in [0.15, 0.2) is 5.82 Å². The largest absolute Gasteiger partial charge is 0.480 e. The van der Waals surface area contributed by atoms with Crippen LogP contribution in [-0.4, -0.2) is 68.5 Å². The smallest absolute Gasteiger partial charge is 0.458 e. The van der Waals surface area contributed by atoms with Gasteiger partial charge in [-0.1, -0.05) is 30.3 Å². The minimum Gasteiger partial charge on any atom is -0.480 e. The van der Waals surface area contributed by atoms with Gasteiger partial charge in [-0.2, -0.15) is 26.3 Å². The molecule has 0 bridgehead atoms. The molecular formula is C28H22F8N6O3. The Hall–Kier alpha value is -4.83. The molecule has 2 N–H and O–H groups in total. The minimum absolute atomic E-state index is 0.0382. The van der Waals surface area contributed by atoms with E-state index in [1.165, 1.54) is 0 Å². The van der Waals surface area contributed by atoms with Gasteiger partial charge in [-0.3, -0.25) is 9.59 Å². The maximum atomic E-state index is 14.9. The number of rotatable bonds is 6. The van der Waals surface area contributed by atoms with Crippen LogP contribution in [0, 0.1) is 5.92 Å². The number of benzene rings is 1. The highest BCUT2D eigenvalue weighted by molar-refractivity contribution is 5.99. The fourth-order valence-corrected chi connectivity index (χ4v) is 5.13. The van der Waals surface area contributed by atoms with E-state index in [-0.39, 0.29) is 36.5 Å². The summed E-state index contributed by atoms with van der Waals surface area (Å²) in [5, 5.41) is 3.40. The maximum absolute atomic E-state index is 14.9. The molecule has 1 fully saturated rings. The Morgan fingerprint density at radius 2 is 1.78 bits per heavy atom. The molecular weight excluding hydrogens is 620 g/mol. The van der Waals surface area contributed by atoms with Gasteiger partial charge in [0.1, 0.15) is 11.1 Å². The molecule has 1 atom stereocenters. The number of hydrogen-bond acceptors (Lipinski definition) is 7. The molecule has 0 spiro atoms. The molecule has 0 radical (unpaired) electrons. The van der Waals surface area contributed by atoms with Crippen LogP contribution < -0.4 is 10.5 Å². The van der Waals surface area contributed by atoms with E-state index in [9.17, 15) is 44.7 Å². The maximum Gasteiger partial charge on any atom is 0.458 e. The lowest BCUT2D eigenvalue weighted by Gasteiger charge is -2.38. The van der Waals surface area contributed by atoms with Crippen molar-refractivity contribution in [3.63, 3.8) is 0 Å². The predicted octanol–water partition coefficient (Wildman–Crippen LogP) is 5.49. The van der Waals surface area contributed by atoms with E-state index < -0.39 is 70.7 Å². The Morgan fingerprint density at radius 1 is 1.09 bits per heavy atom. The summed E-state index contributed by atoms with van der Waals surface area (Å²) in [4.78, 5) is 33.8. The molecule has 4 heterocycles. The molecule has 0 aliphatic carbocycles. The number of nitrogens with zero attached hydrogens (tertiary/aromatic N) is 5. The van der Waals surface area contributed by atoms with Crippen molar-refractivity contribution >= 4 is 23.0 Å². The summed E-state index contributed by atoms with van der Waals surface area (Å²) in [7, 11) is 1.15. The fraction of sp³-hybridized carbons (Fsp3) is 0.321. The Bertz CT molecular complexity index is 1770. The van der Waals surface area contributed by atoms with E-state index in [0.29, 0.717) is 16.1 Å². The summed E-state index contributed by atoms with van der Waals surface area (Å²) in [6.45, 7) is -0.726. The Labute approximate surface area is 248 Å². The highest BCUT2D eigenvalue weighted by Gasteiger charge is 2.46. The van der Waals surface area contributed by atoms with Crippen LogP contribution in [0.15, 0.2) is 48.7 Å². The van der Waals surface area contributed by atoms with Crippen molar-refractivity contribution in [1.82, 2.24) is 24.5 Å². The van der Waals surface area contributed by atoms with Crippen LogP contribution in [0.2, 0.25) is 0 Å². The number of amides is 1. The third kappa shape index (κ3) is 6.10. The van der Waals surface area contributed by atoms with Gasteiger partial charge < -0.3 is 15.4 Å². The lowest BCUT2D eigenvalue weighted by atomic mass is 9.87. The Balaban J connectivity index is 1.58. The van der Waals surface area contributed by atoms with Crippen molar-refractivity contribution in [2.45, 2.75) is 31.1 Å². The van der Waals surface area contributed by atoms with Crippen molar-refractivity contribution in [1.29, 1.82) is 0 Å². The molecule has 1 amide bonds. The number of carbonyl (C=O) groups excluding carboxylic acids is 2. The number of carbonyl (C=O) groups is 2. The SMILES string of the molecule is COc1ncc(-c2cc(C(F)(F)F)c3c(N)nc(C(=O)C(F)(F)F)nn23)cc1C(=O)N1CCC(F)(F)C(Cc2ccccc2)C1. The number of ether oxygens (including phenoxy) is 1. The van der Waals surface area contributed by atoms with E-state index in [4.69, 9.17) is 10.5 Å². The van der Waals surface area contributed by atoms with E-state index in [0.717, 1.165) is 24.3 Å². The van der Waals surface area contributed by atoms with Gasteiger partial charge in [0, 0.05) is 37.2 Å². The number of hydrogen-bond donors (Lipinski definition) is 1. The average molecular weight is 643 g/mol. The third-order valence-electron chi connectivity index (χ3n) is 7.34. The fourth-order valence-electron chi connectivity index (χ4n) is 5.13. The number of aromatic nitrogens is 4. The number of piperidine rings is 1. The number of Topliss-reactive ketones (excluding diaryl/α,β-unsaturated/α-hetero) is 1. The van der Waals surface area contributed by atoms with Gasteiger partial charge in [-0.05, 0) is 24.1 Å². The van der Waals surface area contributed by atoms with Crippen LogP contribution in [-0.2, 0) is 12.6 Å². The molecule has 17 heteroatoms. The van der Waals surface area contributed by atoms with Gasteiger partial charge >= 0.3 is 18.1 Å². The van der Waals surface area contributed by atoms with E-state index >= 15 is 0 Å². The molecule has 5 rings (SSSR count). The molecule has 1 aliphatic heterocycles. The van der Waals surface area contributed by atoms with Crippen LogP contribution in [0.4, 0.5) is 40.9 Å². The number of alkyl halides is 8. The molecule has 45 heavy (non-hydrogen) atoms. The number of halogens is 8. The van der Waals surface area contributed by atoms with Gasteiger partial charge in [-0.25, -0.2) is 23.3 Å². The van der Waals surface area contributed by atoms with Crippen LogP contribution in [0.5, 0.6) is 5.88 Å². The number of pyridine rings is 1. The second-order valence-electron chi connectivity index (χ2n) is 10.3. The summed E-state index contributed by atoms with van der Waals surface area (Å²) < 4.78 is 117. The Kier molecular flexibility index (Phi) is 7.91. The molecule has 1 saturated heterocycles. The average Bonchev–Trinajstić information content (AvgIpc) is 3.38. The molecule has 1 aromatic carbocycles. The highest BCUT2D eigenvalue weighted by atomic mass is 19.4. The lowest BCUT2D eigenvalue weighted by Crippen LogP contribution is -2.50. The Morgan fingerprint density at radius 3 is 2.40 bits per heavy atom. The van der Waals surface area contributed by atoms with Gasteiger partial charge in [0.2, 0.25) is 11.7 Å². The number of nitrogen functional groups attached to an aromatic ring is 1. The van der Waals surface area contributed by atoms with Crippen molar-refractivity contribution in [2.75, 3.05) is 25.9 Å². The van der Waals surface area contributed by atoms with Gasteiger partial charge in [-0.15, -0.1) is 5.10 Å². The van der Waals surface area contributed by atoms with E-state index in [2.05, 4.69) is 15.1 Å². The molecule has 9 nitrogen and oxygen atoms in total. The molecule has 4 aromatic rings. The zero-order chi connectivity index (χ0) is 32.9. The topological polar surface area (TPSA) is 116 Å². The molecule has 0 saturated carbocycles. The number of fused-ring (bicyclic) bond motifs is 1. The van der Waals surface area contributed by atoms with Crippen LogP contribution in [0.3, 0.4) is 0 Å². The lowest BCUT2D eigenvalue weighted by molar-refractivity contribution is -0.136. The van der Waals surface area contributed by atoms with E-state index in [1.54, 1.807) is 30.3 Å². The van der Waals surface area contributed by atoms with Gasteiger partial charge in [0.05, 0.1) is 18.4 Å². The number of ketones is 1. The molecule has 1 aliphatic rings. The first-order chi connectivity index (χ1) is 21.0. The second kappa shape index (κ2) is 11.3. The first kappa shape index (κ1) is 31.6. The molecule has 238 valence electrons. The van der Waals surface area contributed by atoms with Gasteiger partial charge in [0.25, 0.3) is 11.8 Å². The van der Waals surface area contributed by atoms with Crippen molar-refractivity contribution in [3.8, 4) is 17.1 Å². The summed E-state index contributed by atoms with van der Waals surface area (Å²) in [6.07, 6.45) is -10.3. The summed E-state index contributed by atoms with van der Waals surface area (Å²) >= 11 is 0. The van der Waals surface area contributed by atoms with Crippen molar-refractivity contribution < 1.29 is 49.4 Å². The number of methoxy groups -OCH3 is 1. The zero-order valence-electron chi connectivity index (χ0n) is 23.1. The number of anilines is 1. The number of likely N-dealkylation sites (tertiary alicyclic amines) is 1. The first-order valence-corrected chi connectivity index (χ1v) is 13.1. The van der Waals surface area contributed by atoms with Crippen LogP contribution in [0.25, 0.3) is 16.8 Å².